The highest BCUT2D eigenvalue weighted by Crippen LogP contribution is 2.13. The summed E-state index contributed by atoms with van der Waals surface area (Å²) in [4.78, 5) is 11.5. The Morgan fingerprint density at radius 1 is 1.33 bits per heavy atom. The fourth-order valence-corrected chi connectivity index (χ4v) is 1.48. The Hall–Kier alpha value is -1.42. The first kappa shape index (κ1) is 14.6. The van der Waals surface area contributed by atoms with E-state index in [-0.39, 0.29) is 24.4 Å². The smallest absolute Gasteiger partial charge is 0.320 e. The highest BCUT2D eigenvalue weighted by atomic mass is 19.1. The minimum atomic E-state index is -0.474. The molecule has 0 bridgehead atoms. The van der Waals surface area contributed by atoms with Crippen LogP contribution >= 0.6 is 0 Å². The molecule has 1 aromatic carbocycles. The minimum absolute atomic E-state index is 0.0295. The van der Waals surface area contributed by atoms with E-state index in [0.29, 0.717) is 0 Å². The zero-order valence-corrected chi connectivity index (χ0v) is 11.3. The van der Waals surface area contributed by atoms with E-state index in [9.17, 15) is 9.18 Å². The van der Waals surface area contributed by atoms with Gasteiger partial charge in [0.15, 0.2) is 0 Å². The van der Waals surface area contributed by atoms with Gasteiger partial charge in [-0.15, -0.1) is 0 Å². The fraction of sp³-hybridized carbons (Fsp3) is 0.500. The molecule has 1 aromatic rings. The van der Waals surface area contributed by atoms with Gasteiger partial charge in [-0.2, -0.15) is 0 Å². The van der Waals surface area contributed by atoms with E-state index in [1.54, 1.807) is 12.1 Å². The topological polar surface area (TPSA) is 38.3 Å². The molecule has 0 unspecified atom stereocenters. The van der Waals surface area contributed by atoms with Crippen molar-refractivity contribution in [2.75, 3.05) is 6.54 Å². The number of rotatable bonds is 4. The van der Waals surface area contributed by atoms with Crippen molar-refractivity contribution >= 4 is 5.97 Å². The number of hydrogen-bond donors (Lipinski definition) is 1. The Morgan fingerprint density at radius 2 is 1.89 bits per heavy atom. The van der Waals surface area contributed by atoms with Crippen molar-refractivity contribution in [3.8, 4) is 0 Å². The van der Waals surface area contributed by atoms with Crippen LogP contribution in [0.1, 0.15) is 39.3 Å². The van der Waals surface area contributed by atoms with Crippen LogP contribution in [0.15, 0.2) is 24.3 Å². The van der Waals surface area contributed by atoms with Crippen LogP contribution in [0, 0.1) is 5.82 Å². The fourth-order valence-electron chi connectivity index (χ4n) is 1.48. The molecular formula is C14H20FNO2. The van der Waals surface area contributed by atoms with Crippen molar-refractivity contribution in [1.29, 1.82) is 0 Å². The molecule has 0 fully saturated rings. The first-order valence-electron chi connectivity index (χ1n) is 5.98. The second-order valence-electron chi connectivity index (χ2n) is 5.24. The molecule has 0 saturated carbocycles. The molecule has 0 aromatic heterocycles. The summed E-state index contributed by atoms with van der Waals surface area (Å²) in [7, 11) is 0. The molecule has 18 heavy (non-hydrogen) atoms. The second kappa shape index (κ2) is 5.96. The first-order valence-corrected chi connectivity index (χ1v) is 5.98. The maximum Gasteiger partial charge on any atom is 0.320 e. The molecule has 0 spiro atoms. The summed E-state index contributed by atoms with van der Waals surface area (Å²) in [5.74, 6) is -0.561. The van der Waals surface area contributed by atoms with Gasteiger partial charge in [0.25, 0.3) is 0 Å². The lowest BCUT2D eigenvalue weighted by Gasteiger charge is -2.21. The number of esters is 1. The van der Waals surface area contributed by atoms with Gasteiger partial charge < -0.3 is 10.1 Å². The van der Waals surface area contributed by atoms with Crippen molar-refractivity contribution in [1.82, 2.24) is 5.32 Å². The van der Waals surface area contributed by atoms with Crippen LogP contribution < -0.4 is 5.32 Å². The van der Waals surface area contributed by atoms with Crippen LogP contribution in [0.2, 0.25) is 0 Å². The number of carbonyl (C=O) groups excluding carboxylic acids is 1. The molecule has 4 heteroatoms. The van der Waals surface area contributed by atoms with E-state index >= 15 is 0 Å². The van der Waals surface area contributed by atoms with E-state index in [1.807, 2.05) is 27.7 Å². The van der Waals surface area contributed by atoms with Crippen LogP contribution in [-0.4, -0.2) is 18.1 Å². The maximum atomic E-state index is 12.8. The molecule has 3 nitrogen and oxygen atoms in total. The summed E-state index contributed by atoms with van der Waals surface area (Å²) < 4.78 is 17.9. The van der Waals surface area contributed by atoms with Crippen molar-refractivity contribution in [2.24, 2.45) is 0 Å². The van der Waals surface area contributed by atoms with Crippen LogP contribution in [-0.2, 0) is 9.53 Å². The largest absolute Gasteiger partial charge is 0.459 e. The van der Waals surface area contributed by atoms with Crippen LogP contribution in [0.5, 0.6) is 0 Å². The Morgan fingerprint density at radius 3 is 2.39 bits per heavy atom. The Kier molecular flexibility index (Phi) is 4.84. The normalized spacial score (nSPS) is 13.2. The monoisotopic (exact) mass is 253 g/mol. The minimum Gasteiger partial charge on any atom is -0.459 e. The van der Waals surface area contributed by atoms with Crippen molar-refractivity contribution in [3.63, 3.8) is 0 Å². The van der Waals surface area contributed by atoms with Crippen LogP contribution in [0.25, 0.3) is 0 Å². The molecule has 0 aliphatic heterocycles. The highest BCUT2D eigenvalue weighted by molar-refractivity contribution is 5.72. The van der Waals surface area contributed by atoms with E-state index in [0.717, 1.165) is 5.56 Å². The molecule has 0 radical (unpaired) electrons. The van der Waals surface area contributed by atoms with Crippen molar-refractivity contribution < 1.29 is 13.9 Å². The second-order valence-corrected chi connectivity index (χ2v) is 5.24. The Bertz CT molecular complexity index is 395. The lowest BCUT2D eigenvalue weighted by molar-refractivity contribution is -0.153. The van der Waals surface area contributed by atoms with Gasteiger partial charge in [-0.25, -0.2) is 4.39 Å². The van der Waals surface area contributed by atoms with Gasteiger partial charge in [0.05, 0.1) is 6.54 Å². The predicted molar refractivity (Wildman–Crippen MR) is 68.7 cm³/mol. The molecule has 100 valence electrons. The average Bonchev–Trinajstić information content (AvgIpc) is 2.24. The van der Waals surface area contributed by atoms with E-state index in [2.05, 4.69) is 5.32 Å². The highest BCUT2D eigenvalue weighted by Gasteiger charge is 2.16. The summed E-state index contributed by atoms with van der Waals surface area (Å²) in [6.45, 7) is 7.53. The summed E-state index contributed by atoms with van der Waals surface area (Å²) in [6, 6.07) is 6.17. The van der Waals surface area contributed by atoms with Gasteiger partial charge in [-0.3, -0.25) is 4.79 Å². The van der Waals surface area contributed by atoms with Crippen LogP contribution in [0.3, 0.4) is 0 Å². The number of ether oxygens (including phenoxy) is 1. The molecule has 0 heterocycles. The third kappa shape index (κ3) is 5.27. The molecule has 0 aliphatic carbocycles. The predicted octanol–water partition coefficient (Wildman–Crippen LogP) is 2.82. The summed E-state index contributed by atoms with van der Waals surface area (Å²) >= 11 is 0. The number of nitrogens with one attached hydrogen (secondary N) is 1. The molecule has 1 atom stereocenters. The van der Waals surface area contributed by atoms with Gasteiger partial charge in [-0.1, -0.05) is 12.1 Å². The Balaban J connectivity index is 2.44. The van der Waals surface area contributed by atoms with Crippen LogP contribution in [0.4, 0.5) is 4.39 Å². The van der Waals surface area contributed by atoms with Gasteiger partial charge in [-0.05, 0) is 45.4 Å². The zero-order chi connectivity index (χ0) is 13.8. The van der Waals surface area contributed by atoms with E-state index in [4.69, 9.17) is 4.74 Å². The van der Waals surface area contributed by atoms with Gasteiger partial charge in [0.2, 0.25) is 0 Å². The van der Waals surface area contributed by atoms with Crippen molar-refractivity contribution in [3.05, 3.63) is 35.6 Å². The molecule has 0 amide bonds. The Labute approximate surface area is 107 Å². The first-order chi connectivity index (χ1) is 8.28. The standard InChI is InChI=1S/C14H20FNO2/c1-10(11-5-7-12(15)8-6-11)16-9-13(17)18-14(2,3)4/h5-8,10,16H,9H2,1-4H3/t10-/m1/s1. The molecule has 1 N–H and O–H groups in total. The van der Waals surface area contributed by atoms with E-state index < -0.39 is 5.60 Å². The SMILES string of the molecule is C[C@@H](NCC(=O)OC(C)(C)C)c1ccc(F)cc1. The number of benzene rings is 1. The summed E-state index contributed by atoms with van der Waals surface area (Å²) in [6.07, 6.45) is 0. The maximum absolute atomic E-state index is 12.8. The number of halogens is 1. The third-order valence-corrected chi connectivity index (χ3v) is 2.34. The lowest BCUT2D eigenvalue weighted by atomic mass is 10.1. The third-order valence-electron chi connectivity index (χ3n) is 2.34. The average molecular weight is 253 g/mol. The molecule has 1 rings (SSSR count). The molecular weight excluding hydrogens is 233 g/mol. The molecule has 0 aliphatic rings. The van der Waals surface area contributed by atoms with Gasteiger partial charge in [0.1, 0.15) is 11.4 Å². The van der Waals surface area contributed by atoms with Gasteiger partial charge in [0, 0.05) is 6.04 Å². The number of hydrogen-bond acceptors (Lipinski definition) is 3. The summed E-state index contributed by atoms with van der Waals surface area (Å²) in [5, 5.41) is 3.04. The summed E-state index contributed by atoms with van der Waals surface area (Å²) in [5.41, 5.74) is 0.456. The number of carbonyl (C=O) groups is 1. The quantitative estimate of drug-likeness (QED) is 0.838. The zero-order valence-electron chi connectivity index (χ0n) is 11.3. The molecule has 0 saturated heterocycles. The van der Waals surface area contributed by atoms with E-state index in [1.165, 1.54) is 12.1 Å². The van der Waals surface area contributed by atoms with Gasteiger partial charge >= 0.3 is 5.97 Å². The van der Waals surface area contributed by atoms with Crippen molar-refractivity contribution in [2.45, 2.75) is 39.3 Å². The lowest BCUT2D eigenvalue weighted by Crippen LogP contribution is -2.32.